The predicted molar refractivity (Wildman–Crippen MR) is 71.5 cm³/mol. The topological polar surface area (TPSA) is 53.1 Å². The summed E-state index contributed by atoms with van der Waals surface area (Å²) in [5.41, 5.74) is -2.10. The normalized spacial score (nSPS) is 11.1. The fraction of sp³-hybridized carbons (Fsp3) is 0. The van der Waals surface area contributed by atoms with Gasteiger partial charge in [0.05, 0.1) is 16.6 Å². The molecule has 0 radical (unpaired) electrons. The van der Waals surface area contributed by atoms with Gasteiger partial charge in [-0.2, -0.15) is 0 Å². The summed E-state index contributed by atoms with van der Waals surface area (Å²) >= 11 is 0. The Bertz CT molecular complexity index is 952. The number of H-pyrrole nitrogens is 1. The van der Waals surface area contributed by atoms with Crippen LogP contribution < -0.4 is 5.43 Å². The van der Waals surface area contributed by atoms with Gasteiger partial charge in [-0.15, -0.1) is 0 Å². The summed E-state index contributed by atoms with van der Waals surface area (Å²) in [5.74, 6) is -8.65. The van der Waals surface area contributed by atoms with E-state index < -0.39 is 45.4 Å². The van der Waals surface area contributed by atoms with Crippen molar-refractivity contribution in [3.05, 3.63) is 63.8 Å². The van der Waals surface area contributed by atoms with Crippen LogP contribution in [0.3, 0.4) is 0 Å². The molecule has 0 saturated carbocycles. The van der Waals surface area contributed by atoms with Gasteiger partial charge in [0.2, 0.25) is 5.43 Å². The molecule has 7 heteroatoms. The summed E-state index contributed by atoms with van der Waals surface area (Å²) in [7, 11) is 0. The first kappa shape index (κ1) is 14.1. The SMILES string of the molecule is O=c1c(O)c(-c2ccccc2)[nH]c2c(F)c(F)c(F)c(F)c12. The lowest BCUT2D eigenvalue weighted by Crippen LogP contribution is -2.11. The van der Waals surface area contributed by atoms with Gasteiger partial charge < -0.3 is 10.1 Å². The van der Waals surface area contributed by atoms with Crippen LogP contribution in [0.5, 0.6) is 5.75 Å². The molecule has 1 aromatic heterocycles. The van der Waals surface area contributed by atoms with Crippen molar-refractivity contribution < 1.29 is 22.7 Å². The first-order chi connectivity index (χ1) is 10.4. The van der Waals surface area contributed by atoms with Crippen LogP contribution in [0.2, 0.25) is 0 Å². The third-order valence-corrected chi connectivity index (χ3v) is 3.26. The van der Waals surface area contributed by atoms with Crippen molar-refractivity contribution >= 4 is 10.9 Å². The van der Waals surface area contributed by atoms with Crippen LogP contribution >= 0.6 is 0 Å². The van der Waals surface area contributed by atoms with Crippen molar-refractivity contribution in [2.24, 2.45) is 0 Å². The lowest BCUT2D eigenvalue weighted by atomic mass is 10.1. The fourth-order valence-electron chi connectivity index (χ4n) is 2.19. The number of nitrogens with one attached hydrogen (secondary N) is 1. The average molecular weight is 309 g/mol. The Morgan fingerprint density at radius 3 is 2.09 bits per heavy atom. The predicted octanol–water partition coefficient (Wildman–Crippen LogP) is 3.46. The Kier molecular flexibility index (Phi) is 3.13. The molecule has 3 nitrogen and oxygen atoms in total. The lowest BCUT2D eigenvalue weighted by molar-refractivity contribution is 0.416. The molecule has 2 N–H and O–H groups in total. The molecule has 22 heavy (non-hydrogen) atoms. The van der Waals surface area contributed by atoms with Crippen molar-refractivity contribution in [3.63, 3.8) is 0 Å². The van der Waals surface area contributed by atoms with Crippen molar-refractivity contribution in [1.82, 2.24) is 4.98 Å². The van der Waals surface area contributed by atoms with E-state index >= 15 is 0 Å². The van der Waals surface area contributed by atoms with E-state index in [1.807, 2.05) is 0 Å². The number of aromatic amines is 1. The van der Waals surface area contributed by atoms with Gasteiger partial charge in [0.25, 0.3) is 0 Å². The molecule has 0 saturated heterocycles. The summed E-state index contributed by atoms with van der Waals surface area (Å²) in [5, 5.41) is 8.80. The fourth-order valence-corrected chi connectivity index (χ4v) is 2.19. The zero-order valence-corrected chi connectivity index (χ0v) is 10.8. The highest BCUT2D eigenvalue weighted by molar-refractivity contribution is 5.85. The number of halogens is 4. The zero-order chi connectivity index (χ0) is 16.0. The number of fused-ring (bicyclic) bond motifs is 1. The summed E-state index contributed by atoms with van der Waals surface area (Å²) in [6.07, 6.45) is 0. The Labute approximate surface area is 120 Å². The number of rotatable bonds is 1. The Morgan fingerprint density at radius 1 is 0.864 bits per heavy atom. The zero-order valence-electron chi connectivity index (χ0n) is 10.8. The largest absolute Gasteiger partial charge is 0.503 e. The molecular weight excluding hydrogens is 302 g/mol. The van der Waals surface area contributed by atoms with Crippen LogP contribution in [0.15, 0.2) is 35.1 Å². The van der Waals surface area contributed by atoms with E-state index in [1.54, 1.807) is 18.2 Å². The van der Waals surface area contributed by atoms with Gasteiger partial charge in [0.15, 0.2) is 29.0 Å². The van der Waals surface area contributed by atoms with Crippen molar-refractivity contribution in [2.75, 3.05) is 0 Å². The summed E-state index contributed by atoms with van der Waals surface area (Å²) in [4.78, 5) is 14.3. The Hall–Kier alpha value is -2.83. The molecule has 0 bridgehead atoms. The van der Waals surface area contributed by atoms with Crippen LogP contribution in [0, 0.1) is 23.3 Å². The monoisotopic (exact) mass is 309 g/mol. The van der Waals surface area contributed by atoms with Gasteiger partial charge >= 0.3 is 0 Å². The van der Waals surface area contributed by atoms with Gasteiger partial charge in [0.1, 0.15) is 0 Å². The molecule has 1 heterocycles. The average Bonchev–Trinajstić information content (AvgIpc) is 2.54. The van der Waals surface area contributed by atoms with Gasteiger partial charge in [-0.25, -0.2) is 17.6 Å². The number of hydrogen-bond acceptors (Lipinski definition) is 2. The third kappa shape index (κ3) is 1.86. The molecule has 3 rings (SSSR count). The quantitative estimate of drug-likeness (QED) is 0.411. The minimum Gasteiger partial charge on any atom is -0.503 e. The van der Waals surface area contributed by atoms with Crippen LogP contribution in [-0.4, -0.2) is 10.1 Å². The first-order valence-electron chi connectivity index (χ1n) is 6.09. The van der Waals surface area contributed by atoms with Crippen LogP contribution in [0.1, 0.15) is 0 Å². The van der Waals surface area contributed by atoms with Crippen molar-refractivity contribution in [3.8, 4) is 17.0 Å². The van der Waals surface area contributed by atoms with Gasteiger partial charge in [-0.1, -0.05) is 30.3 Å². The van der Waals surface area contributed by atoms with E-state index in [2.05, 4.69) is 4.98 Å². The number of aromatic nitrogens is 1. The van der Waals surface area contributed by atoms with Gasteiger partial charge in [0, 0.05) is 5.56 Å². The Balaban J connectivity index is 2.51. The highest BCUT2D eigenvalue weighted by atomic mass is 19.2. The van der Waals surface area contributed by atoms with Crippen LogP contribution in [0.4, 0.5) is 17.6 Å². The summed E-state index contributed by atoms with van der Waals surface area (Å²) in [6, 6.07) is 7.81. The molecular formula is C15H7F4NO2. The number of hydrogen-bond donors (Lipinski definition) is 2. The lowest BCUT2D eigenvalue weighted by Gasteiger charge is -2.09. The molecule has 0 fully saturated rings. The minimum atomic E-state index is -2.11. The third-order valence-electron chi connectivity index (χ3n) is 3.26. The van der Waals surface area contributed by atoms with Crippen LogP contribution in [0.25, 0.3) is 22.2 Å². The van der Waals surface area contributed by atoms with E-state index in [1.165, 1.54) is 12.1 Å². The summed E-state index contributed by atoms with van der Waals surface area (Å²) in [6.45, 7) is 0. The second-order valence-electron chi connectivity index (χ2n) is 4.55. The number of benzene rings is 2. The first-order valence-corrected chi connectivity index (χ1v) is 6.09. The van der Waals surface area contributed by atoms with E-state index in [0.717, 1.165) is 0 Å². The maximum absolute atomic E-state index is 13.8. The highest BCUT2D eigenvalue weighted by Crippen LogP contribution is 2.30. The Morgan fingerprint density at radius 2 is 1.45 bits per heavy atom. The van der Waals surface area contributed by atoms with Gasteiger partial charge in [-0.3, -0.25) is 4.79 Å². The molecule has 2 aromatic carbocycles. The molecule has 0 aliphatic heterocycles. The molecule has 0 spiro atoms. The standard InChI is InChI=1S/C15H7F4NO2/c16-8-7-13(11(19)10(18)9(8)17)20-12(15(22)14(7)21)6-4-2-1-3-5-6/h1-5,22H,(H,20,21). The maximum Gasteiger partial charge on any atom is 0.234 e. The molecule has 0 atom stereocenters. The highest BCUT2D eigenvalue weighted by Gasteiger charge is 2.25. The molecule has 0 aliphatic rings. The molecule has 112 valence electrons. The number of aromatic hydroxyl groups is 1. The van der Waals surface area contributed by atoms with E-state index in [0.29, 0.717) is 5.56 Å². The molecule has 0 unspecified atom stereocenters. The summed E-state index contributed by atoms with van der Waals surface area (Å²) < 4.78 is 54.1. The number of pyridine rings is 1. The maximum atomic E-state index is 13.8. The second-order valence-corrected chi connectivity index (χ2v) is 4.55. The van der Waals surface area contributed by atoms with E-state index in [9.17, 15) is 27.5 Å². The minimum absolute atomic E-state index is 0.220. The van der Waals surface area contributed by atoms with Gasteiger partial charge in [-0.05, 0) is 0 Å². The second kappa shape index (κ2) is 4.87. The smallest absolute Gasteiger partial charge is 0.234 e. The van der Waals surface area contributed by atoms with E-state index in [-0.39, 0.29) is 5.69 Å². The molecule has 0 amide bonds. The van der Waals surface area contributed by atoms with Crippen LogP contribution in [-0.2, 0) is 0 Å². The molecule has 0 aliphatic carbocycles. The van der Waals surface area contributed by atoms with E-state index in [4.69, 9.17) is 0 Å². The van der Waals surface area contributed by atoms with Crippen molar-refractivity contribution in [2.45, 2.75) is 0 Å². The molecule has 3 aromatic rings. The van der Waals surface area contributed by atoms with Crippen molar-refractivity contribution in [1.29, 1.82) is 0 Å².